The molecule has 0 aliphatic heterocycles. The van der Waals surface area contributed by atoms with Gasteiger partial charge in [0, 0.05) is 0 Å². The lowest BCUT2D eigenvalue weighted by Crippen LogP contribution is -2.05. The molecule has 0 bridgehead atoms. The Labute approximate surface area is 123 Å². The number of hydrogen-bond acceptors (Lipinski definition) is 4. The molecule has 1 aliphatic carbocycles. The predicted octanol–water partition coefficient (Wildman–Crippen LogP) is 3.64. The molecule has 110 valence electrons. The number of benzene rings is 1. The minimum Gasteiger partial charge on any atom is -0.476 e. The van der Waals surface area contributed by atoms with Crippen molar-refractivity contribution < 1.29 is 9.13 Å². The molecule has 1 aromatic carbocycles. The highest BCUT2D eigenvalue weighted by molar-refractivity contribution is 5.61. The second-order valence-corrected chi connectivity index (χ2v) is 5.45. The van der Waals surface area contributed by atoms with Gasteiger partial charge in [-0.3, -0.25) is 0 Å². The van der Waals surface area contributed by atoms with Crippen LogP contribution in [0.1, 0.15) is 18.4 Å². The van der Waals surface area contributed by atoms with Crippen molar-refractivity contribution in [3.8, 4) is 5.88 Å². The van der Waals surface area contributed by atoms with Gasteiger partial charge < -0.3 is 15.8 Å². The van der Waals surface area contributed by atoms with Gasteiger partial charge in [0.2, 0.25) is 5.88 Å². The standard InChI is InChI=1S/C16H18FN3O/c1-10-2-5-12(17)14(8-10)19-15-7-6-13(18)16(20-15)21-9-11-3-4-11/h2,5-8,11H,3-4,9,18H2,1H3,(H,19,20). The molecule has 3 rings (SSSR count). The summed E-state index contributed by atoms with van der Waals surface area (Å²) in [5.74, 6) is 1.22. The number of aryl methyl sites for hydroxylation is 1. The van der Waals surface area contributed by atoms with Crippen molar-refractivity contribution in [1.29, 1.82) is 0 Å². The summed E-state index contributed by atoms with van der Waals surface area (Å²) in [6, 6.07) is 8.31. The number of aromatic nitrogens is 1. The molecule has 21 heavy (non-hydrogen) atoms. The highest BCUT2D eigenvalue weighted by Crippen LogP contribution is 2.31. The van der Waals surface area contributed by atoms with Gasteiger partial charge in [0.25, 0.3) is 0 Å². The summed E-state index contributed by atoms with van der Waals surface area (Å²) in [5, 5.41) is 2.96. The largest absolute Gasteiger partial charge is 0.476 e. The predicted molar refractivity (Wildman–Crippen MR) is 81.3 cm³/mol. The molecule has 0 atom stereocenters. The molecule has 4 nitrogen and oxygen atoms in total. The highest BCUT2D eigenvalue weighted by atomic mass is 19.1. The molecule has 0 unspecified atom stereocenters. The van der Waals surface area contributed by atoms with E-state index in [1.54, 1.807) is 24.3 Å². The molecule has 2 aromatic rings. The van der Waals surface area contributed by atoms with Gasteiger partial charge in [-0.15, -0.1) is 0 Å². The number of pyridine rings is 1. The molecule has 3 N–H and O–H groups in total. The minimum absolute atomic E-state index is 0.320. The fourth-order valence-electron chi connectivity index (χ4n) is 1.99. The van der Waals surface area contributed by atoms with E-state index in [-0.39, 0.29) is 5.82 Å². The number of nitrogens with one attached hydrogen (secondary N) is 1. The fourth-order valence-corrected chi connectivity index (χ4v) is 1.99. The first-order chi connectivity index (χ1) is 10.1. The maximum atomic E-state index is 13.8. The van der Waals surface area contributed by atoms with Crippen molar-refractivity contribution >= 4 is 17.2 Å². The van der Waals surface area contributed by atoms with Crippen LogP contribution in [0.3, 0.4) is 0 Å². The van der Waals surface area contributed by atoms with Crippen LogP contribution >= 0.6 is 0 Å². The summed E-state index contributed by atoms with van der Waals surface area (Å²) in [6.45, 7) is 2.55. The van der Waals surface area contributed by atoms with Crippen LogP contribution in [0.25, 0.3) is 0 Å². The number of nitrogen functional groups attached to an aromatic ring is 1. The summed E-state index contributed by atoms with van der Waals surface area (Å²) < 4.78 is 19.4. The van der Waals surface area contributed by atoms with E-state index in [0.29, 0.717) is 35.6 Å². The summed E-state index contributed by atoms with van der Waals surface area (Å²) in [7, 11) is 0. The topological polar surface area (TPSA) is 60.2 Å². The normalized spacial score (nSPS) is 14.0. The second-order valence-electron chi connectivity index (χ2n) is 5.45. The highest BCUT2D eigenvalue weighted by Gasteiger charge is 2.22. The van der Waals surface area contributed by atoms with E-state index in [9.17, 15) is 4.39 Å². The lowest BCUT2D eigenvalue weighted by Gasteiger charge is -2.11. The molecule has 1 fully saturated rings. The van der Waals surface area contributed by atoms with Gasteiger partial charge >= 0.3 is 0 Å². The first-order valence-corrected chi connectivity index (χ1v) is 7.04. The molecule has 1 aromatic heterocycles. The molecule has 1 saturated carbocycles. The summed E-state index contributed by atoms with van der Waals surface area (Å²) >= 11 is 0. The Morgan fingerprint density at radius 1 is 1.33 bits per heavy atom. The Balaban J connectivity index is 1.78. The Morgan fingerprint density at radius 3 is 2.90 bits per heavy atom. The SMILES string of the molecule is Cc1ccc(F)c(Nc2ccc(N)c(OCC3CC3)n2)c1. The number of rotatable bonds is 5. The van der Waals surface area contributed by atoms with Crippen LogP contribution in [-0.4, -0.2) is 11.6 Å². The average Bonchev–Trinajstić information content (AvgIpc) is 3.27. The van der Waals surface area contributed by atoms with E-state index >= 15 is 0 Å². The maximum Gasteiger partial charge on any atom is 0.239 e. The monoisotopic (exact) mass is 287 g/mol. The molecule has 1 heterocycles. The number of anilines is 3. The number of ether oxygens (including phenoxy) is 1. The molecule has 0 saturated heterocycles. The van der Waals surface area contributed by atoms with E-state index in [2.05, 4.69) is 10.3 Å². The molecule has 0 spiro atoms. The number of halogens is 1. The van der Waals surface area contributed by atoms with Gasteiger partial charge in [-0.25, -0.2) is 4.39 Å². The lowest BCUT2D eigenvalue weighted by molar-refractivity contribution is 0.290. The minimum atomic E-state index is -0.320. The third kappa shape index (κ3) is 3.42. The van der Waals surface area contributed by atoms with E-state index < -0.39 is 0 Å². The van der Waals surface area contributed by atoms with Crippen LogP contribution in [0.5, 0.6) is 5.88 Å². The van der Waals surface area contributed by atoms with Crippen LogP contribution in [0, 0.1) is 18.7 Å². The quantitative estimate of drug-likeness (QED) is 0.881. The van der Waals surface area contributed by atoms with Crippen molar-refractivity contribution in [3.05, 3.63) is 41.7 Å². The molecule has 0 amide bonds. The van der Waals surface area contributed by atoms with E-state index in [0.717, 1.165) is 5.56 Å². The van der Waals surface area contributed by atoms with Gasteiger partial charge in [0.1, 0.15) is 11.6 Å². The molecular weight excluding hydrogens is 269 g/mol. The number of nitrogens with two attached hydrogens (primary N) is 1. The molecule has 1 aliphatic rings. The smallest absolute Gasteiger partial charge is 0.239 e. The third-order valence-electron chi connectivity index (χ3n) is 3.43. The molecule has 5 heteroatoms. The summed E-state index contributed by atoms with van der Waals surface area (Å²) in [6.07, 6.45) is 2.40. The van der Waals surface area contributed by atoms with Crippen LogP contribution < -0.4 is 15.8 Å². The second kappa shape index (κ2) is 5.60. The first kappa shape index (κ1) is 13.7. The van der Waals surface area contributed by atoms with Crippen molar-refractivity contribution in [1.82, 2.24) is 4.98 Å². The van der Waals surface area contributed by atoms with Gasteiger partial charge in [-0.05, 0) is 55.5 Å². The average molecular weight is 287 g/mol. The van der Waals surface area contributed by atoms with Gasteiger partial charge in [-0.1, -0.05) is 6.07 Å². The van der Waals surface area contributed by atoms with Crippen molar-refractivity contribution in [2.24, 2.45) is 5.92 Å². The van der Waals surface area contributed by atoms with Gasteiger partial charge in [0.05, 0.1) is 18.0 Å². The Hall–Kier alpha value is -2.30. The molecular formula is C16H18FN3O. The Kier molecular flexibility index (Phi) is 3.64. The fraction of sp³-hybridized carbons (Fsp3) is 0.312. The number of nitrogens with zero attached hydrogens (tertiary/aromatic N) is 1. The Morgan fingerprint density at radius 2 is 2.14 bits per heavy atom. The molecule has 0 radical (unpaired) electrons. The zero-order valence-corrected chi connectivity index (χ0v) is 11.9. The zero-order chi connectivity index (χ0) is 14.8. The Bertz CT molecular complexity index is 656. The van der Waals surface area contributed by atoms with Crippen LogP contribution in [0.2, 0.25) is 0 Å². The zero-order valence-electron chi connectivity index (χ0n) is 11.9. The van der Waals surface area contributed by atoms with Gasteiger partial charge in [0.15, 0.2) is 0 Å². The number of hydrogen-bond donors (Lipinski definition) is 2. The van der Waals surface area contributed by atoms with Gasteiger partial charge in [-0.2, -0.15) is 4.98 Å². The van der Waals surface area contributed by atoms with Crippen LogP contribution in [-0.2, 0) is 0 Å². The van der Waals surface area contributed by atoms with Crippen LogP contribution in [0.15, 0.2) is 30.3 Å². The van der Waals surface area contributed by atoms with Crippen molar-refractivity contribution in [2.75, 3.05) is 17.7 Å². The lowest BCUT2D eigenvalue weighted by atomic mass is 10.2. The van der Waals surface area contributed by atoms with E-state index in [4.69, 9.17) is 10.5 Å². The third-order valence-corrected chi connectivity index (χ3v) is 3.43. The van der Waals surface area contributed by atoms with Crippen molar-refractivity contribution in [2.45, 2.75) is 19.8 Å². The summed E-state index contributed by atoms with van der Waals surface area (Å²) in [5.41, 5.74) is 7.71. The summed E-state index contributed by atoms with van der Waals surface area (Å²) in [4.78, 5) is 4.31. The maximum absolute atomic E-state index is 13.8. The van der Waals surface area contributed by atoms with E-state index in [1.165, 1.54) is 18.9 Å². The van der Waals surface area contributed by atoms with Crippen LogP contribution in [0.4, 0.5) is 21.6 Å². The first-order valence-electron chi connectivity index (χ1n) is 7.04. The van der Waals surface area contributed by atoms with E-state index in [1.807, 2.05) is 6.92 Å². The van der Waals surface area contributed by atoms with Crippen molar-refractivity contribution in [3.63, 3.8) is 0 Å².